The Morgan fingerprint density at radius 2 is 2.15 bits per heavy atom. The lowest BCUT2D eigenvalue weighted by atomic mass is 10.1. The molecule has 0 saturated heterocycles. The number of hydrogen-bond acceptors (Lipinski definition) is 3. The minimum atomic E-state index is -1.04. The average Bonchev–Trinajstić information content (AvgIpc) is 2.74. The molecule has 0 saturated carbocycles. The van der Waals surface area contributed by atoms with Crippen molar-refractivity contribution in [3.8, 4) is 0 Å². The second-order valence-corrected chi connectivity index (χ2v) is 4.29. The summed E-state index contributed by atoms with van der Waals surface area (Å²) in [5.74, 6) is -2.01. The van der Waals surface area contributed by atoms with Gasteiger partial charge in [-0.25, -0.2) is 4.39 Å². The molecule has 0 radical (unpaired) electrons. The molecule has 0 unspecified atom stereocenters. The second kappa shape index (κ2) is 5.52. The van der Waals surface area contributed by atoms with Crippen molar-refractivity contribution in [2.75, 3.05) is 5.32 Å². The first-order chi connectivity index (χ1) is 9.44. The van der Waals surface area contributed by atoms with Crippen LogP contribution in [0.15, 0.2) is 30.6 Å². The van der Waals surface area contributed by atoms with Crippen molar-refractivity contribution in [3.63, 3.8) is 0 Å². The van der Waals surface area contributed by atoms with E-state index in [1.165, 1.54) is 23.1 Å². The molecule has 0 bridgehead atoms. The summed E-state index contributed by atoms with van der Waals surface area (Å²) in [7, 11) is 0. The molecule has 2 rings (SSSR count). The molecule has 0 atom stereocenters. The molecule has 0 spiro atoms. The van der Waals surface area contributed by atoms with Gasteiger partial charge in [-0.3, -0.25) is 14.3 Å². The van der Waals surface area contributed by atoms with Crippen LogP contribution in [-0.4, -0.2) is 26.8 Å². The molecule has 1 aromatic carbocycles. The Bertz CT molecular complexity index is 646. The van der Waals surface area contributed by atoms with Gasteiger partial charge in [-0.2, -0.15) is 5.10 Å². The Morgan fingerprint density at radius 3 is 2.80 bits per heavy atom. The number of halogens is 1. The zero-order valence-electron chi connectivity index (χ0n) is 10.6. The van der Waals surface area contributed by atoms with E-state index in [-0.39, 0.29) is 12.1 Å². The number of carboxylic acid groups (broad SMARTS) is 1. The minimum Gasteiger partial charge on any atom is -0.480 e. The first-order valence-corrected chi connectivity index (χ1v) is 5.77. The lowest BCUT2D eigenvalue weighted by molar-refractivity contribution is -0.137. The lowest BCUT2D eigenvalue weighted by Gasteiger charge is -2.04. The Hall–Kier alpha value is -2.70. The molecule has 2 aromatic rings. The third-order valence-corrected chi connectivity index (χ3v) is 2.49. The average molecular weight is 277 g/mol. The van der Waals surface area contributed by atoms with Crippen LogP contribution in [0, 0.1) is 12.7 Å². The summed E-state index contributed by atoms with van der Waals surface area (Å²) >= 11 is 0. The molecule has 0 aliphatic heterocycles. The van der Waals surface area contributed by atoms with Gasteiger partial charge in [0.15, 0.2) is 0 Å². The maximum Gasteiger partial charge on any atom is 0.325 e. The number of nitrogens with one attached hydrogen (secondary N) is 1. The molecule has 104 valence electrons. The maximum atomic E-state index is 13.2. The number of nitrogens with zero attached hydrogens (tertiary/aromatic N) is 2. The highest BCUT2D eigenvalue weighted by Gasteiger charge is 2.10. The number of rotatable bonds is 4. The van der Waals surface area contributed by atoms with Gasteiger partial charge >= 0.3 is 5.97 Å². The maximum absolute atomic E-state index is 13.2. The van der Waals surface area contributed by atoms with Gasteiger partial charge in [0.1, 0.15) is 12.4 Å². The fourth-order valence-corrected chi connectivity index (χ4v) is 1.72. The van der Waals surface area contributed by atoms with Gasteiger partial charge in [0.25, 0.3) is 5.91 Å². The van der Waals surface area contributed by atoms with Gasteiger partial charge in [0.05, 0.1) is 11.9 Å². The SMILES string of the molecule is Cc1cc(F)cc(C(=O)Nc2cnn(CC(=O)O)c2)c1. The molecule has 1 amide bonds. The summed E-state index contributed by atoms with van der Waals surface area (Å²) in [5, 5.41) is 14.9. The van der Waals surface area contributed by atoms with Crippen LogP contribution in [0.25, 0.3) is 0 Å². The first-order valence-electron chi connectivity index (χ1n) is 5.77. The van der Waals surface area contributed by atoms with E-state index < -0.39 is 17.7 Å². The van der Waals surface area contributed by atoms with E-state index >= 15 is 0 Å². The molecule has 0 aliphatic rings. The number of amides is 1. The standard InChI is InChI=1S/C13H12FN3O3/c1-8-2-9(4-10(14)3-8)13(20)16-11-5-15-17(6-11)7-12(18)19/h2-6H,7H2,1H3,(H,16,20)(H,18,19). The highest BCUT2D eigenvalue weighted by molar-refractivity contribution is 6.04. The summed E-state index contributed by atoms with van der Waals surface area (Å²) in [6, 6.07) is 4.01. The monoisotopic (exact) mass is 277 g/mol. The number of benzene rings is 1. The van der Waals surface area contributed by atoms with Gasteiger partial charge in [-0.1, -0.05) is 0 Å². The van der Waals surface area contributed by atoms with Crippen LogP contribution >= 0.6 is 0 Å². The van der Waals surface area contributed by atoms with E-state index in [0.29, 0.717) is 11.3 Å². The van der Waals surface area contributed by atoms with Crippen molar-refractivity contribution in [1.82, 2.24) is 9.78 Å². The summed E-state index contributed by atoms with van der Waals surface area (Å²) in [6.07, 6.45) is 2.71. The molecule has 0 fully saturated rings. The van der Waals surface area contributed by atoms with E-state index in [1.54, 1.807) is 13.0 Å². The van der Waals surface area contributed by atoms with Crippen LogP contribution < -0.4 is 5.32 Å². The quantitative estimate of drug-likeness (QED) is 0.890. The van der Waals surface area contributed by atoms with Crippen molar-refractivity contribution in [3.05, 3.63) is 47.5 Å². The highest BCUT2D eigenvalue weighted by Crippen LogP contribution is 2.12. The second-order valence-electron chi connectivity index (χ2n) is 4.29. The van der Waals surface area contributed by atoms with E-state index in [0.717, 1.165) is 6.07 Å². The summed E-state index contributed by atoms with van der Waals surface area (Å²) < 4.78 is 14.4. The highest BCUT2D eigenvalue weighted by atomic mass is 19.1. The van der Waals surface area contributed by atoms with Gasteiger partial charge < -0.3 is 10.4 Å². The third-order valence-electron chi connectivity index (χ3n) is 2.49. The number of aryl methyl sites for hydroxylation is 1. The molecular formula is C13H12FN3O3. The van der Waals surface area contributed by atoms with Crippen LogP contribution in [-0.2, 0) is 11.3 Å². The summed E-state index contributed by atoms with van der Waals surface area (Å²) in [4.78, 5) is 22.4. The van der Waals surface area contributed by atoms with Crippen molar-refractivity contribution in [2.45, 2.75) is 13.5 Å². The number of carboxylic acids is 1. The molecule has 2 N–H and O–H groups in total. The number of hydrogen-bond donors (Lipinski definition) is 2. The van der Waals surface area contributed by atoms with E-state index in [2.05, 4.69) is 10.4 Å². The van der Waals surface area contributed by atoms with Crippen LogP contribution in [0.5, 0.6) is 0 Å². The van der Waals surface area contributed by atoms with Crippen molar-refractivity contribution >= 4 is 17.6 Å². The molecule has 7 heteroatoms. The predicted molar refractivity (Wildman–Crippen MR) is 69.0 cm³/mol. The Morgan fingerprint density at radius 1 is 1.40 bits per heavy atom. The molecule has 0 aliphatic carbocycles. The van der Waals surface area contributed by atoms with Crippen LogP contribution in [0.4, 0.5) is 10.1 Å². The van der Waals surface area contributed by atoms with Crippen LogP contribution in [0.2, 0.25) is 0 Å². The van der Waals surface area contributed by atoms with Crippen LogP contribution in [0.1, 0.15) is 15.9 Å². The normalized spacial score (nSPS) is 10.3. The smallest absolute Gasteiger partial charge is 0.325 e. The van der Waals surface area contributed by atoms with Crippen LogP contribution in [0.3, 0.4) is 0 Å². The molecule has 6 nitrogen and oxygen atoms in total. The zero-order valence-corrected chi connectivity index (χ0v) is 10.6. The minimum absolute atomic E-state index is 0.188. The number of aliphatic carboxylic acids is 1. The van der Waals surface area contributed by atoms with Gasteiger partial charge in [0.2, 0.25) is 0 Å². The lowest BCUT2D eigenvalue weighted by Crippen LogP contribution is -2.12. The van der Waals surface area contributed by atoms with Crippen molar-refractivity contribution < 1.29 is 19.1 Å². The molecule has 1 aromatic heterocycles. The number of aromatic nitrogens is 2. The van der Waals surface area contributed by atoms with Gasteiger partial charge in [-0.05, 0) is 30.7 Å². The number of anilines is 1. The number of carbonyl (C=O) groups excluding carboxylic acids is 1. The summed E-state index contributed by atoms with van der Waals surface area (Å²) in [5.41, 5.74) is 1.17. The van der Waals surface area contributed by atoms with Gasteiger partial charge in [0, 0.05) is 11.8 Å². The number of carbonyl (C=O) groups is 2. The largest absolute Gasteiger partial charge is 0.480 e. The Balaban J connectivity index is 2.11. The van der Waals surface area contributed by atoms with Crippen molar-refractivity contribution in [2.24, 2.45) is 0 Å². The molecule has 1 heterocycles. The van der Waals surface area contributed by atoms with Crippen molar-refractivity contribution in [1.29, 1.82) is 0 Å². The zero-order chi connectivity index (χ0) is 14.7. The van der Waals surface area contributed by atoms with E-state index in [9.17, 15) is 14.0 Å². The summed E-state index contributed by atoms with van der Waals surface area (Å²) in [6.45, 7) is 1.39. The predicted octanol–water partition coefficient (Wildman–Crippen LogP) is 1.67. The van der Waals surface area contributed by atoms with E-state index in [1.807, 2.05) is 0 Å². The fourth-order valence-electron chi connectivity index (χ4n) is 1.72. The molecule has 20 heavy (non-hydrogen) atoms. The fraction of sp³-hybridized carbons (Fsp3) is 0.154. The topological polar surface area (TPSA) is 84.2 Å². The third kappa shape index (κ3) is 3.41. The molecular weight excluding hydrogens is 265 g/mol. The first kappa shape index (κ1) is 13.7. The Labute approximate surface area is 113 Å². The Kier molecular flexibility index (Phi) is 3.79. The van der Waals surface area contributed by atoms with E-state index in [4.69, 9.17) is 5.11 Å². The van der Waals surface area contributed by atoms with Gasteiger partial charge in [-0.15, -0.1) is 0 Å².